The molecule has 106 valence electrons. The second-order valence-electron chi connectivity index (χ2n) is 5.30. The number of rotatable bonds is 6. The fourth-order valence-corrected chi connectivity index (χ4v) is 3.52. The van der Waals surface area contributed by atoms with Crippen LogP contribution in [0.25, 0.3) is 10.6 Å². The summed E-state index contributed by atoms with van der Waals surface area (Å²) in [4.78, 5) is 6.28. The summed E-state index contributed by atoms with van der Waals surface area (Å²) in [6.45, 7) is 3.20. The van der Waals surface area contributed by atoms with E-state index in [1.54, 1.807) is 0 Å². The highest BCUT2D eigenvalue weighted by atomic mass is 79.9. The Balaban J connectivity index is 1.82. The highest BCUT2D eigenvalue weighted by Gasteiger charge is 2.21. The van der Waals surface area contributed by atoms with Crippen LogP contribution in [0.5, 0.6) is 0 Å². The highest BCUT2D eigenvalue weighted by molar-refractivity contribution is 9.10. The molecular formula is C16H19BrN2S. The van der Waals surface area contributed by atoms with Crippen molar-refractivity contribution in [3.05, 3.63) is 39.3 Å². The summed E-state index contributed by atoms with van der Waals surface area (Å²) in [6, 6.07) is 9.19. The van der Waals surface area contributed by atoms with Crippen LogP contribution >= 0.6 is 27.3 Å². The molecule has 1 fully saturated rings. The van der Waals surface area contributed by atoms with Crippen molar-refractivity contribution in [1.29, 1.82) is 0 Å². The minimum Gasteiger partial charge on any atom is -0.309 e. The van der Waals surface area contributed by atoms with E-state index in [0.29, 0.717) is 0 Å². The van der Waals surface area contributed by atoms with Gasteiger partial charge in [0.25, 0.3) is 0 Å². The van der Waals surface area contributed by atoms with Gasteiger partial charge in [0.1, 0.15) is 5.01 Å². The van der Waals surface area contributed by atoms with E-state index in [4.69, 9.17) is 4.98 Å². The van der Waals surface area contributed by atoms with Gasteiger partial charge in [-0.1, -0.05) is 41.4 Å². The number of benzene rings is 1. The second kappa shape index (κ2) is 6.37. The monoisotopic (exact) mass is 350 g/mol. The fraction of sp³-hybridized carbons (Fsp3) is 0.438. The molecule has 1 aromatic carbocycles. The number of nitrogens with one attached hydrogen (secondary N) is 1. The summed E-state index contributed by atoms with van der Waals surface area (Å²) in [5.41, 5.74) is 2.50. The minimum atomic E-state index is 0.753. The Morgan fingerprint density at radius 3 is 2.70 bits per heavy atom. The molecule has 0 unspecified atom stereocenters. The van der Waals surface area contributed by atoms with Crippen LogP contribution < -0.4 is 5.32 Å². The topological polar surface area (TPSA) is 24.9 Å². The molecule has 0 bridgehead atoms. The van der Waals surface area contributed by atoms with Crippen LogP contribution in [0.4, 0.5) is 0 Å². The molecule has 0 spiro atoms. The van der Waals surface area contributed by atoms with Crippen molar-refractivity contribution < 1.29 is 0 Å². The molecule has 0 atom stereocenters. The van der Waals surface area contributed by atoms with Gasteiger partial charge < -0.3 is 5.32 Å². The van der Waals surface area contributed by atoms with Crippen LogP contribution in [0.15, 0.2) is 28.7 Å². The van der Waals surface area contributed by atoms with E-state index in [9.17, 15) is 0 Å². The second-order valence-corrected chi connectivity index (χ2v) is 7.30. The fourth-order valence-electron chi connectivity index (χ4n) is 2.19. The number of hydrogen-bond donors (Lipinski definition) is 1. The molecule has 0 aliphatic heterocycles. The molecule has 1 N–H and O–H groups in total. The summed E-state index contributed by atoms with van der Waals surface area (Å²) in [6.07, 6.45) is 4.90. The molecular weight excluding hydrogens is 332 g/mol. The molecule has 1 heterocycles. The van der Waals surface area contributed by atoms with Gasteiger partial charge in [-0.3, -0.25) is 0 Å². The van der Waals surface area contributed by atoms with Crippen molar-refractivity contribution in [3.63, 3.8) is 0 Å². The lowest BCUT2D eigenvalue weighted by Gasteiger charge is -2.01. The summed E-state index contributed by atoms with van der Waals surface area (Å²) < 4.78 is 1.11. The third-order valence-electron chi connectivity index (χ3n) is 3.48. The Morgan fingerprint density at radius 1 is 1.30 bits per heavy atom. The maximum absolute atomic E-state index is 4.86. The Kier molecular flexibility index (Phi) is 4.54. The number of nitrogens with zero attached hydrogens (tertiary/aromatic N) is 1. The SMILES string of the molecule is CCCc1nc(-c2ccc(Br)cc2)sc1CNC1CC1. The average molecular weight is 351 g/mol. The quantitative estimate of drug-likeness (QED) is 0.810. The molecule has 0 radical (unpaired) electrons. The highest BCUT2D eigenvalue weighted by Crippen LogP contribution is 2.30. The molecule has 1 aliphatic rings. The Morgan fingerprint density at radius 2 is 2.05 bits per heavy atom. The van der Waals surface area contributed by atoms with Crippen LogP contribution in [-0.4, -0.2) is 11.0 Å². The van der Waals surface area contributed by atoms with E-state index in [2.05, 4.69) is 52.4 Å². The van der Waals surface area contributed by atoms with Crippen molar-refractivity contribution in [3.8, 4) is 10.6 Å². The minimum absolute atomic E-state index is 0.753. The lowest BCUT2D eigenvalue weighted by atomic mass is 10.2. The van der Waals surface area contributed by atoms with E-state index < -0.39 is 0 Å². The third-order valence-corrected chi connectivity index (χ3v) is 5.16. The number of thiazole rings is 1. The predicted molar refractivity (Wildman–Crippen MR) is 89.1 cm³/mol. The molecule has 0 amide bonds. The molecule has 4 heteroatoms. The summed E-state index contributed by atoms with van der Waals surface area (Å²) in [5.74, 6) is 0. The number of aromatic nitrogens is 1. The van der Waals surface area contributed by atoms with Crippen LogP contribution in [0.1, 0.15) is 36.8 Å². The summed E-state index contributed by atoms with van der Waals surface area (Å²) in [5, 5.41) is 4.76. The lowest BCUT2D eigenvalue weighted by Crippen LogP contribution is -2.15. The Labute approximate surface area is 132 Å². The zero-order chi connectivity index (χ0) is 13.9. The van der Waals surface area contributed by atoms with Gasteiger partial charge in [0.05, 0.1) is 5.69 Å². The van der Waals surface area contributed by atoms with E-state index in [0.717, 1.165) is 34.9 Å². The van der Waals surface area contributed by atoms with Crippen LogP contribution in [0.2, 0.25) is 0 Å². The van der Waals surface area contributed by atoms with Crippen molar-refractivity contribution in [2.24, 2.45) is 0 Å². The van der Waals surface area contributed by atoms with Crippen LogP contribution in [-0.2, 0) is 13.0 Å². The van der Waals surface area contributed by atoms with Crippen LogP contribution in [0.3, 0.4) is 0 Å². The van der Waals surface area contributed by atoms with Crippen LogP contribution in [0, 0.1) is 0 Å². The van der Waals surface area contributed by atoms with E-state index in [1.807, 2.05) is 11.3 Å². The maximum atomic E-state index is 4.86. The first kappa shape index (κ1) is 14.2. The zero-order valence-electron chi connectivity index (χ0n) is 11.7. The first-order valence-electron chi connectivity index (χ1n) is 7.24. The summed E-state index contributed by atoms with van der Waals surface area (Å²) in [7, 11) is 0. The lowest BCUT2D eigenvalue weighted by molar-refractivity contribution is 0.686. The molecule has 0 saturated heterocycles. The average Bonchev–Trinajstić information content (AvgIpc) is 3.19. The standard InChI is InChI=1S/C16H19BrN2S/c1-2-3-14-15(10-18-13-8-9-13)20-16(19-14)11-4-6-12(17)7-5-11/h4-7,13,18H,2-3,8-10H2,1H3. The van der Waals surface area contributed by atoms with Crippen molar-refractivity contribution in [2.75, 3.05) is 0 Å². The Hall–Kier alpha value is -0.710. The van der Waals surface area contributed by atoms with Gasteiger partial charge in [-0.05, 0) is 31.4 Å². The molecule has 3 rings (SSSR count). The number of hydrogen-bond acceptors (Lipinski definition) is 3. The van der Waals surface area contributed by atoms with E-state index in [-0.39, 0.29) is 0 Å². The van der Waals surface area contributed by atoms with Gasteiger partial charge in [-0.15, -0.1) is 11.3 Å². The summed E-state index contributed by atoms with van der Waals surface area (Å²) >= 11 is 5.32. The van der Waals surface area contributed by atoms with Gasteiger partial charge in [0, 0.05) is 27.5 Å². The van der Waals surface area contributed by atoms with Gasteiger partial charge >= 0.3 is 0 Å². The van der Waals surface area contributed by atoms with Crippen molar-refractivity contribution in [2.45, 2.75) is 45.2 Å². The van der Waals surface area contributed by atoms with Crippen molar-refractivity contribution in [1.82, 2.24) is 10.3 Å². The molecule has 1 aliphatic carbocycles. The smallest absolute Gasteiger partial charge is 0.123 e. The molecule has 2 nitrogen and oxygen atoms in total. The van der Waals surface area contributed by atoms with Gasteiger partial charge in [0.2, 0.25) is 0 Å². The van der Waals surface area contributed by atoms with Gasteiger partial charge in [0.15, 0.2) is 0 Å². The molecule has 20 heavy (non-hydrogen) atoms. The maximum Gasteiger partial charge on any atom is 0.123 e. The van der Waals surface area contributed by atoms with Gasteiger partial charge in [-0.2, -0.15) is 0 Å². The van der Waals surface area contributed by atoms with E-state index >= 15 is 0 Å². The molecule has 2 aromatic rings. The Bertz CT molecular complexity index is 573. The first-order valence-corrected chi connectivity index (χ1v) is 8.85. The zero-order valence-corrected chi connectivity index (χ0v) is 14.1. The third kappa shape index (κ3) is 3.48. The molecule has 1 aromatic heterocycles. The normalized spacial score (nSPS) is 14.7. The molecule has 1 saturated carbocycles. The van der Waals surface area contributed by atoms with Gasteiger partial charge in [-0.25, -0.2) is 4.98 Å². The van der Waals surface area contributed by atoms with E-state index in [1.165, 1.54) is 29.0 Å². The largest absolute Gasteiger partial charge is 0.309 e. The number of halogens is 1. The predicted octanol–water partition coefficient (Wildman–Crippen LogP) is 4.78. The van der Waals surface area contributed by atoms with Crippen molar-refractivity contribution >= 4 is 27.3 Å². The first-order chi connectivity index (χ1) is 9.76. The number of aryl methyl sites for hydroxylation is 1.